The molecule has 0 aliphatic heterocycles. The summed E-state index contributed by atoms with van der Waals surface area (Å²) in [6.45, 7) is 0. The molecule has 0 aliphatic carbocycles. The zero-order valence-corrected chi connectivity index (χ0v) is 31.8. The van der Waals surface area contributed by atoms with Crippen LogP contribution in [0, 0.1) is 0 Å². The highest BCUT2D eigenvalue weighted by molar-refractivity contribution is 6.09. The molecule has 58 heavy (non-hydrogen) atoms. The SMILES string of the molecule is c1ccc(-n2c3ccccc3c3ccccc32)c(-c2ccc(-c3ccc(N(c4ccc(-c5ccc6ccccc6c5)cc4)c4cccc5ccccc45)cc3)cc2)c1. The summed E-state index contributed by atoms with van der Waals surface area (Å²) in [5, 5.41) is 7.47. The van der Waals surface area contributed by atoms with Crippen LogP contribution in [-0.2, 0) is 0 Å². The average Bonchev–Trinajstić information content (AvgIpc) is 3.64. The summed E-state index contributed by atoms with van der Waals surface area (Å²) in [6.07, 6.45) is 0. The van der Waals surface area contributed by atoms with Crippen molar-refractivity contribution in [3.05, 3.63) is 231 Å². The van der Waals surface area contributed by atoms with E-state index in [-0.39, 0.29) is 0 Å². The van der Waals surface area contributed by atoms with Gasteiger partial charge in [0.05, 0.1) is 22.4 Å². The second kappa shape index (κ2) is 14.1. The monoisotopic (exact) mass is 738 g/mol. The first-order valence-electron chi connectivity index (χ1n) is 19.9. The van der Waals surface area contributed by atoms with Gasteiger partial charge in [0.25, 0.3) is 0 Å². The molecule has 0 aliphatic rings. The molecule has 0 atom stereocenters. The Hall–Kier alpha value is -7.68. The van der Waals surface area contributed by atoms with Crippen molar-refractivity contribution in [2.24, 2.45) is 0 Å². The molecular formula is C56H38N2. The van der Waals surface area contributed by atoms with Gasteiger partial charge in [-0.1, -0.05) is 176 Å². The number of aromatic nitrogens is 1. The van der Waals surface area contributed by atoms with Crippen molar-refractivity contribution in [2.45, 2.75) is 0 Å². The van der Waals surface area contributed by atoms with Crippen molar-refractivity contribution in [1.82, 2.24) is 4.57 Å². The summed E-state index contributed by atoms with van der Waals surface area (Å²) in [7, 11) is 0. The van der Waals surface area contributed by atoms with Crippen LogP contribution in [-0.4, -0.2) is 4.57 Å². The van der Waals surface area contributed by atoms with Crippen LogP contribution in [0.4, 0.5) is 17.1 Å². The van der Waals surface area contributed by atoms with Crippen molar-refractivity contribution in [2.75, 3.05) is 4.90 Å². The van der Waals surface area contributed by atoms with Crippen LogP contribution in [0.25, 0.3) is 82.4 Å². The fraction of sp³-hybridized carbons (Fsp3) is 0. The summed E-state index contributed by atoms with van der Waals surface area (Å²) in [6, 6.07) is 83.6. The summed E-state index contributed by atoms with van der Waals surface area (Å²) >= 11 is 0. The third-order valence-electron chi connectivity index (χ3n) is 11.6. The zero-order valence-electron chi connectivity index (χ0n) is 31.8. The molecule has 1 heterocycles. The van der Waals surface area contributed by atoms with Crippen LogP contribution in [0.5, 0.6) is 0 Å². The van der Waals surface area contributed by atoms with Crippen molar-refractivity contribution in [3.8, 4) is 39.1 Å². The quantitative estimate of drug-likeness (QED) is 0.158. The molecule has 0 saturated heterocycles. The van der Waals surface area contributed by atoms with Crippen LogP contribution in [0.15, 0.2) is 231 Å². The van der Waals surface area contributed by atoms with Gasteiger partial charge < -0.3 is 9.47 Å². The lowest BCUT2D eigenvalue weighted by Crippen LogP contribution is -2.10. The van der Waals surface area contributed by atoms with Gasteiger partial charge in [-0.3, -0.25) is 0 Å². The number of fused-ring (bicyclic) bond motifs is 5. The number of benzene rings is 10. The zero-order chi connectivity index (χ0) is 38.4. The van der Waals surface area contributed by atoms with Crippen LogP contribution in [0.1, 0.15) is 0 Å². The van der Waals surface area contributed by atoms with Gasteiger partial charge >= 0.3 is 0 Å². The fourth-order valence-corrected chi connectivity index (χ4v) is 8.74. The Morgan fingerprint density at radius 2 is 0.759 bits per heavy atom. The molecule has 0 bridgehead atoms. The maximum absolute atomic E-state index is 2.41. The van der Waals surface area contributed by atoms with Crippen LogP contribution in [0.3, 0.4) is 0 Å². The van der Waals surface area contributed by atoms with Gasteiger partial charge in [0.15, 0.2) is 0 Å². The summed E-state index contributed by atoms with van der Waals surface area (Å²) in [5.74, 6) is 0. The molecule has 0 radical (unpaired) electrons. The maximum atomic E-state index is 2.41. The van der Waals surface area contributed by atoms with E-state index < -0.39 is 0 Å². The minimum Gasteiger partial charge on any atom is -0.310 e. The lowest BCUT2D eigenvalue weighted by Gasteiger charge is -2.27. The smallest absolute Gasteiger partial charge is 0.0541 e. The largest absolute Gasteiger partial charge is 0.310 e. The standard InChI is InChI=1S/C56H38N2/c1-2-14-45-38-46(29-26-39(45)12-1)42-32-36-48(37-33-42)57(53-23-11-15-43-13-3-4-16-49(43)53)47-34-30-41(31-35-47)40-24-27-44(28-25-40)50-17-5-8-20-54(50)58-55-21-9-6-18-51(55)52-19-7-10-22-56(52)58/h1-38H. The Bertz CT molecular complexity index is 3200. The maximum Gasteiger partial charge on any atom is 0.0541 e. The van der Waals surface area contributed by atoms with Crippen molar-refractivity contribution < 1.29 is 0 Å². The second-order valence-corrected chi connectivity index (χ2v) is 15.0. The van der Waals surface area contributed by atoms with E-state index in [0.717, 1.165) is 17.1 Å². The summed E-state index contributed by atoms with van der Waals surface area (Å²) < 4.78 is 2.41. The first-order valence-corrected chi connectivity index (χ1v) is 19.9. The molecule has 0 saturated carbocycles. The van der Waals surface area contributed by atoms with Crippen LogP contribution in [0.2, 0.25) is 0 Å². The average molecular weight is 739 g/mol. The summed E-state index contributed by atoms with van der Waals surface area (Å²) in [5.41, 5.74) is 14.1. The molecule has 0 amide bonds. The van der Waals surface area contributed by atoms with Gasteiger partial charge in [-0.05, 0) is 98.6 Å². The number of rotatable bonds is 7. The fourth-order valence-electron chi connectivity index (χ4n) is 8.74. The lowest BCUT2D eigenvalue weighted by atomic mass is 9.98. The van der Waals surface area contributed by atoms with Gasteiger partial charge in [0, 0.05) is 33.1 Å². The number of anilines is 3. The first-order chi connectivity index (χ1) is 28.8. The third kappa shape index (κ3) is 5.82. The third-order valence-corrected chi connectivity index (χ3v) is 11.6. The van der Waals surface area contributed by atoms with E-state index in [1.54, 1.807) is 0 Å². The van der Waals surface area contributed by atoms with Gasteiger partial charge in [-0.2, -0.15) is 0 Å². The lowest BCUT2D eigenvalue weighted by molar-refractivity contribution is 1.18. The Morgan fingerprint density at radius 1 is 0.293 bits per heavy atom. The van der Waals surface area contributed by atoms with Crippen molar-refractivity contribution in [1.29, 1.82) is 0 Å². The minimum absolute atomic E-state index is 1.11. The molecule has 10 aromatic carbocycles. The molecule has 2 nitrogen and oxygen atoms in total. The topological polar surface area (TPSA) is 8.17 Å². The Labute approximate surface area is 338 Å². The molecule has 11 rings (SSSR count). The normalized spacial score (nSPS) is 11.4. The van der Waals surface area contributed by atoms with E-state index in [4.69, 9.17) is 0 Å². The van der Waals surface area contributed by atoms with E-state index in [1.165, 1.54) is 82.4 Å². The molecule has 0 fully saturated rings. The van der Waals surface area contributed by atoms with Gasteiger partial charge in [0.1, 0.15) is 0 Å². The second-order valence-electron chi connectivity index (χ2n) is 15.0. The Balaban J connectivity index is 0.941. The van der Waals surface area contributed by atoms with E-state index in [2.05, 4.69) is 240 Å². The van der Waals surface area contributed by atoms with E-state index in [0.29, 0.717) is 0 Å². The van der Waals surface area contributed by atoms with E-state index >= 15 is 0 Å². The van der Waals surface area contributed by atoms with E-state index in [9.17, 15) is 0 Å². The number of hydrogen-bond acceptors (Lipinski definition) is 1. The van der Waals surface area contributed by atoms with Crippen molar-refractivity contribution in [3.63, 3.8) is 0 Å². The minimum atomic E-state index is 1.11. The molecule has 2 heteroatoms. The molecule has 0 unspecified atom stereocenters. The Kier molecular flexibility index (Phi) is 8.19. The highest BCUT2D eigenvalue weighted by atomic mass is 15.1. The van der Waals surface area contributed by atoms with Crippen molar-refractivity contribution >= 4 is 60.4 Å². The molecular weight excluding hydrogens is 701 g/mol. The first kappa shape index (κ1) is 33.6. The van der Waals surface area contributed by atoms with Crippen LogP contribution < -0.4 is 4.90 Å². The summed E-state index contributed by atoms with van der Waals surface area (Å²) in [4.78, 5) is 2.38. The molecule has 272 valence electrons. The van der Waals surface area contributed by atoms with Gasteiger partial charge in [0.2, 0.25) is 0 Å². The van der Waals surface area contributed by atoms with Gasteiger partial charge in [-0.15, -0.1) is 0 Å². The van der Waals surface area contributed by atoms with Crippen LogP contribution >= 0.6 is 0 Å². The predicted octanol–water partition coefficient (Wildman–Crippen LogP) is 15.6. The number of hydrogen-bond donors (Lipinski definition) is 0. The number of nitrogens with zero attached hydrogens (tertiary/aromatic N) is 2. The molecule has 0 spiro atoms. The molecule has 1 aromatic heterocycles. The highest BCUT2D eigenvalue weighted by Gasteiger charge is 2.17. The Morgan fingerprint density at radius 3 is 1.43 bits per heavy atom. The molecule has 11 aromatic rings. The number of para-hydroxylation sites is 3. The molecule has 0 N–H and O–H groups in total. The predicted molar refractivity (Wildman–Crippen MR) is 247 cm³/mol. The van der Waals surface area contributed by atoms with E-state index in [1.807, 2.05) is 0 Å². The van der Waals surface area contributed by atoms with Gasteiger partial charge in [-0.25, -0.2) is 0 Å². The highest BCUT2D eigenvalue weighted by Crippen LogP contribution is 2.41.